The van der Waals surface area contributed by atoms with Crippen molar-refractivity contribution in [2.75, 3.05) is 0 Å². The largest absolute Gasteiger partial charge is 0.185 e. The van der Waals surface area contributed by atoms with Gasteiger partial charge in [0.1, 0.15) is 5.40 Å². The van der Waals surface area contributed by atoms with Gasteiger partial charge >= 0.3 is 0 Å². The maximum atomic E-state index is 8.29. The zero-order chi connectivity index (χ0) is 8.10. The van der Waals surface area contributed by atoms with Crippen LogP contribution in [0.3, 0.4) is 0 Å². The summed E-state index contributed by atoms with van der Waals surface area (Å²) in [5.74, 6) is 0.768. The van der Waals surface area contributed by atoms with E-state index in [4.69, 9.17) is 5.26 Å². The van der Waals surface area contributed by atoms with Gasteiger partial charge in [0.2, 0.25) is 0 Å². The molecule has 56 valence electrons. The van der Waals surface area contributed by atoms with E-state index in [1.807, 2.05) is 29.7 Å². The highest BCUT2D eigenvalue weighted by Crippen LogP contribution is 2.14. The number of nitrogens with zero attached hydrogens (tertiary/aromatic N) is 1. The quantitative estimate of drug-likeness (QED) is 0.726. The number of rotatable bonds is 2. The van der Waals surface area contributed by atoms with Crippen LogP contribution in [0, 0.1) is 10.7 Å². The van der Waals surface area contributed by atoms with E-state index in [9.17, 15) is 0 Å². The Labute approximate surface area is 78.5 Å². The van der Waals surface area contributed by atoms with Gasteiger partial charge in [0.25, 0.3) is 0 Å². The van der Waals surface area contributed by atoms with Gasteiger partial charge in [0.05, 0.1) is 0 Å². The van der Waals surface area contributed by atoms with E-state index in [0.29, 0.717) is 0 Å². The van der Waals surface area contributed by atoms with Crippen LogP contribution < -0.4 is 0 Å². The minimum atomic E-state index is 0.768. The Hall–Kier alpha value is -0.460. The Morgan fingerprint density at radius 3 is 2.55 bits per heavy atom. The zero-order valence-corrected chi connectivity index (χ0v) is 8.15. The molecule has 1 nitrogen and oxygen atoms in total. The standard InChI is InChI=1S/C8H6BrNS/c9-8-3-1-7(2-4-8)5-11-6-10/h1-4H,5H2. The lowest BCUT2D eigenvalue weighted by Gasteiger charge is -1.94. The van der Waals surface area contributed by atoms with Gasteiger partial charge in [-0.25, -0.2) is 0 Å². The maximum absolute atomic E-state index is 8.29. The molecule has 0 aromatic heterocycles. The first-order chi connectivity index (χ1) is 5.33. The summed E-state index contributed by atoms with van der Waals surface area (Å²) >= 11 is 4.60. The van der Waals surface area contributed by atoms with Crippen molar-refractivity contribution >= 4 is 27.7 Å². The first-order valence-corrected chi connectivity index (χ1v) is 4.86. The van der Waals surface area contributed by atoms with Crippen LogP contribution in [0.4, 0.5) is 0 Å². The van der Waals surface area contributed by atoms with Gasteiger partial charge in [-0.1, -0.05) is 28.1 Å². The molecule has 0 radical (unpaired) electrons. The van der Waals surface area contributed by atoms with Crippen molar-refractivity contribution < 1.29 is 0 Å². The molecule has 0 unspecified atom stereocenters. The second-order valence-electron chi connectivity index (χ2n) is 2.01. The van der Waals surface area contributed by atoms with Crippen LogP contribution in [0.15, 0.2) is 28.7 Å². The molecular formula is C8H6BrNS. The van der Waals surface area contributed by atoms with Crippen LogP contribution in [0.25, 0.3) is 0 Å². The number of thioether (sulfide) groups is 1. The van der Waals surface area contributed by atoms with Gasteiger partial charge in [-0.2, -0.15) is 5.26 Å². The van der Waals surface area contributed by atoms with E-state index >= 15 is 0 Å². The molecule has 0 spiro atoms. The van der Waals surface area contributed by atoms with Crippen LogP contribution in [-0.4, -0.2) is 0 Å². The molecule has 1 aromatic rings. The molecule has 0 atom stereocenters. The predicted molar refractivity (Wildman–Crippen MR) is 51.1 cm³/mol. The number of benzene rings is 1. The van der Waals surface area contributed by atoms with Crippen LogP contribution in [-0.2, 0) is 5.75 Å². The van der Waals surface area contributed by atoms with Gasteiger partial charge in [-0.05, 0) is 29.5 Å². The fourth-order valence-electron chi connectivity index (χ4n) is 0.696. The normalized spacial score (nSPS) is 9.09. The molecule has 3 heteroatoms. The second kappa shape index (κ2) is 4.42. The molecule has 11 heavy (non-hydrogen) atoms. The lowest BCUT2D eigenvalue weighted by atomic mass is 10.2. The Kier molecular flexibility index (Phi) is 3.47. The Morgan fingerprint density at radius 2 is 2.00 bits per heavy atom. The smallest absolute Gasteiger partial charge is 0.133 e. The molecule has 0 N–H and O–H groups in total. The van der Waals surface area contributed by atoms with Gasteiger partial charge in [-0.15, -0.1) is 0 Å². The monoisotopic (exact) mass is 227 g/mol. The van der Waals surface area contributed by atoms with Crippen LogP contribution >= 0.6 is 27.7 Å². The minimum Gasteiger partial charge on any atom is -0.185 e. The molecule has 0 aliphatic rings. The Bertz CT molecular complexity index is 262. The first-order valence-electron chi connectivity index (χ1n) is 3.08. The van der Waals surface area contributed by atoms with Crippen LogP contribution in [0.5, 0.6) is 0 Å². The fraction of sp³-hybridized carbons (Fsp3) is 0.125. The molecule has 0 aliphatic carbocycles. The first kappa shape index (κ1) is 8.63. The number of hydrogen-bond acceptors (Lipinski definition) is 2. The van der Waals surface area contributed by atoms with Gasteiger partial charge in [0.15, 0.2) is 0 Å². The minimum absolute atomic E-state index is 0.768. The van der Waals surface area contributed by atoms with Crippen molar-refractivity contribution in [3.63, 3.8) is 0 Å². The van der Waals surface area contributed by atoms with Gasteiger partial charge < -0.3 is 0 Å². The molecular weight excluding hydrogens is 222 g/mol. The summed E-state index contributed by atoms with van der Waals surface area (Å²) in [4.78, 5) is 0. The topological polar surface area (TPSA) is 23.8 Å². The molecule has 0 bridgehead atoms. The van der Waals surface area contributed by atoms with E-state index in [1.165, 1.54) is 17.3 Å². The molecule has 0 heterocycles. The number of nitriles is 1. The molecule has 0 saturated carbocycles. The van der Waals surface area contributed by atoms with E-state index in [-0.39, 0.29) is 0 Å². The van der Waals surface area contributed by atoms with E-state index in [1.54, 1.807) is 0 Å². The lowest BCUT2D eigenvalue weighted by molar-refractivity contribution is 1.41. The Balaban J connectivity index is 2.60. The third-order valence-electron chi connectivity index (χ3n) is 1.22. The Morgan fingerprint density at radius 1 is 1.36 bits per heavy atom. The molecule has 0 saturated heterocycles. The van der Waals surface area contributed by atoms with Crippen molar-refractivity contribution in [1.29, 1.82) is 5.26 Å². The molecule has 0 aliphatic heterocycles. The summed E-state index contributed by atoms with van der Waals surface area (Å²) < 4.78 is 1.07. The predicted octanol–water partition coefficient (Wildman–Crippen LogP) is 3.16. The van der Waals surface area contributed by atoms with Crippen molar-refractivity contribution in [2.45, 2.75) is 5.75 Å². The third-order valence-corrected chi connectivity index (χ3v) is 2.35. The molecule has 0 fully saturated rings. The van der Waals surface area contributed by atoms with E-state index < -0.39 is 0 Å². The van der Waals surface area contributed by atoms with Crippen molar-refractivity contribution in [1.82, 2.24) is 0 Å². The number of halogens is 1. The summed E-state index contributed by atoms with van der Waals surface area (Å²) in [6.45, 7) is 0. The third kappa shape index (κ3) is 2.96. The summed E-state index contributed by atoms with van der Waals surface area (Å²) in [7, 11) is 0. The average molecular weight is 228 g/mol. The number of thiocyanates is 1. The second-order valence-corrected chi connectivity index (χ2v) is 3.68. The van der Waals surface area contributed by atoms with E-state index in [0.717, 1.165) is 10.2 Å². The van der Waals surface area contributed by atoms with Crippen molar-refractivity contribution in [3.8, 4) is 5.40 Å². The van der Waals surface area contributed by atoms with Crippen molar-refractivity contribution in [2.24, 2.45) is 0 Å². The van der Waals surface area contributed by atoms with Crippen LogP contribution in [0.2, 0.25) is 0 Å². The van der Waals surface area contributed by atoms with Gasteiger partial charge in [-0.3, -0.25) is 0 Å². The van der Waals surface area contributed by atoms with Crippen molar-refractivity contribution in [3.05, 3.63) is 34.3 Å². The lowest BCUT2D eigenvalue weighted by Crippen LogP contribution is -1.76. The summed E-state index contributed by atoms with van der Waals surface area (Å²) in [6, 6.07) is 7.98. The van der Waals surface area contributed by atoms with E-state index in [2.05, 4.69) is 15.9 Å². The fourth-order valence-corrected chi connectivity index (χ4v) is 1.38. The molecule has 1 aromatic carbocycles. The summed E-state index contributed by atoms with van der Waals surface area (Å²) in [6.07, 6.45) is 0. The highest BCUT2D eigenvalue weighted by Gasteiger charge is 1.91. The highest BCUT2D eigenvalue weighted by molar-refractivity contribution is 9.10. The molecule has 1 rings (SSSR count). The van der Waals surface area contributed by atoms with Crippen LogP contribution in [0.1, 0.15) is 5.56 Å². The summed E-state index contributed by atoms with van der Waals surface area (Å²) in [5, 5.41) is 10.3. The zero-order valence-electron chi connectivity index (χ0n) is 5.75. The van der Waals surface area contributed by atoms with Gasteiger partial charge in [0, 0.05) is 10.2 Å². The molecule has 0 amide bonds. The SMILES string of the molecule is N#CSCc1ccc(Br)cc1. The maximum Gasteiger partial charge on any atom is 0.133 e. The number of hydrogen-bond donors (Lipinski definition) is 0. The average Bonchev–Trinajstić information content (AvgIpc) is 2.04. The summed E-state index contributed by atoms with van der Waals surface area (Å²) in [5.41, 5.74) is 1.18. The highest BCUT2D eigenvalue weighted by atomic mass is 79.9.